The third kappa shape index (κ3) is 2.70. The Morgan fingerprint density at radius 3 is 2.71 bits per heavy atom. The van der Waals surface area contributed by atoms with Gasteiger partial charge in [0, 0.05) is 21.7 Å². The van der Waals surface area contributed by atoms with Crippen molar-refractivity contribution in [2.24, 2.45) is 0 Å². The Kier molecular flexibility index (Phi) is 4.38. The molecule has 0 amide bonds. The number of halogens is 2. The van der Waals surface area contributed by atoms with Crippen molar-refractivity contribution in [1.82, 2.24) is 0 Å². The summed E-state index contributed by atoms with van der Waals surface area (Å²) < 4.78 is 5.93. The van der Waals surface area contributed by atoms with E-state index in [9.17, 15) is 5.11 Å². The van der Waals surface area contributed by atoms with Gasteiger partial charge in [0.05, 0.1) is 0 Å². The molecule has 0 aliphatic carbocycles. The van der Waals surface area contributed by atoms with Crippen LogP contribution in [0.5, 0.6) is 0 Å². The first-order valence-electron chi connectivity index (χ1n) is 4.31. The van der Waals surface area contributed by atoms with Gasteiger partial charge in [-0.25, -0.2) is 0 Å². The quantitative estimate of drug-likeness (QED) is 0.859. The number of aliphatic hydroxyl groups is 1. The van der Waals surface area contributed by atoms with E-state index in [2.05, 4.69) is 15.9 Å². The van der Waals surface area contributed by atoms with Gasteiger partial charge in [-0.05, 0) is 31.5 Å². The van der Waals surface area contributed by atoms with Crippen molar-refractivity contribution in [2.75, 3.05) is 6.61 Å². The summed E-state index contributed by atoms with van der Waals surface area (Å²) in [5.41, 5.74) is 1.62. The van der Waals surface area contributed by atoms with E-state index in [0.29, 0.717) is 17.2 Å². The molecule has 0 bridgehead atoms. The van der Waals surface area contributed by atoms with Crippen LogP contribution in [0.15, 0.2) is 16.6 Å². The molecule has 0 fully saturated rings. The van der Waals surface area contributed by atoms with Gasteiger partial charge in [-0.2, -0.15) is 0 Å². The SMILES string of the molecule is CCOC(O)c1cc(Cl)c(C)c(Br)c1. The predicted molar refractivity (Wildman–Crippen MR) is 60.5 cm³/mol. The molecule has 0 radical (unpaired) electrons. The lowest BCUT2D eigenvalue weighted by Gasteiger charge is -2.12. The Labute approximate surface area is 97.0 Å². The van der Waals surface area contributed by atoms with Crippen LogP contribution in [0.2, 0.25) is 5.02 Å². The summed E-state index contributed by atoms with van der Waals surface area (Å²) in [5, 5.41) is 10.2. The fourth-order valence-electron chi connectivity index (χ4n) is 1.06. The zero-order chi connectivity index (χ0) is 10.7. The summed E-state index contributed by atoms with van der Waals surface area (Å²) in [6.07, 6.45) is -0.908. The monoisotopic (exact) mass is 278 g/mol. The summed E-state index contributed by atoms with van der Waals surface area (Å²) in [5.74, 6) is 0. The van der Waals surface area contributed by atoms with Gasteiger partial charge in [-0.3, -0.25) is 0 Å². The minimum atomic E-state index is -0.908. The zero-order valence-electron chi connectivity index (χ0n) is 8.05. The van der Waals surface area contributed by atoms with Crippen molar-refractivity contribution >= 4 is 27.5 Å². The van der Waals surface area contributed by atoms with Gasteiger partial charge in [-0.1, -0.05) is 27.5 Å². The van der Waals surface area contributed by atoms with Gasteiger partial charge in [0.15, 0.2) is 6.29 Å². The van der Waals surface area contributed by atoms with Crippen LogP contribution in [0, 0.1) is 6.92 Å². The van der Waals surface area contributed by atoms with E-state index in [-0.39, 0.29) is 0 Å². The highest BCUT2D eigenvalue weighted by Crippen LogP contribution is 2.28. The Bertz CT molecular complexity index is 305. The Hall–Kier alpha value is -0.0900. The second-order valence-corrected chi connectivity index (χ2v) is 4.18. The average Bonchev–Trinajstić information content (AvgIpc) is 2.13. The number of hydrogen-bond donors (Lipinski definition) is 1. The van der Waals surface area contributed by atoms with Crippen LogP contribution >= 0.6 is 27.5 Å². The van der Waals surface area contributed by atoms with Crippen LogP contribution in [0.3, 0.4) is 0 Å². The van der Waals surface area contributed by atoms with Crippen LogP contribution in [0.1, 0.15) is 24.3 Å². The largest absolute Gasteiger partial charge is 0.364 e. The molecule has 0 spiro atoms. The maximum Gasteiger partial charge on any atom is 0.181 e. The van der Waals surface area contributed by atoms with Gasteiger partial charge < -0.3 is 9.84 Å². The first-order valence-corrected chi connectivity index (χ1v) is 5.48. The van der Waals surface area contributed by atoms with Gasteiger partial charge in [0.25, 0.3) is 0 Å². The van der Waals surface area contributed by atoms with Crippen molar-refractivity contribution in [3.05, 3.63) is 32.8 Å². The molecule has 78 valence electrons. The van der Waals surface area contributed by atoms with Crippen molar-refractivity contribution in [1.29, 1.82) is 0 Å². The fourth-order valence-corrected chi connectivity index (χ4v) is 1.88. The first kappa shape index (κ1) is 12.0. The molecule has 1 aromatic rings. The van der Waals surface area contributed by atoms with Crippen LogP contribution in [-0.2, 0) is 4.74 Å². The van der Waals surface area contributed by atoms with E-state index in [1.54, 1.807) is 6.07 Å². The lowest BCUT2D eigenvalue weighted by molar-refractivity contribution is -0.0980. The maximum atomic E-state index is 9.56. The second kappa shape index (κ2) is 5.12. The standard InChI is InChI=1S/C10H12BrClO2/c1-3-14-10(13)7-4-8(11)6(2)9(12)5-7/h4-5,10,13H,3H2,1-2H3. The first-order chi connectivity index (χ1) is 6.56. The molecule has 1 N–H and O–H groups in total. The molecule has 0 aliphatic rings. The molecule has 1 atom stereocenters. The van der Waals surface area contributed by atoms with Gasteiger partial charge in [-0.15, -0.1) is 0 Å². The minimum absolute atomic E-state index is 0.463. The van der Waals surface area contributed by atoms with Crippen molar-refractivity contribution in [3.63, 3.8) is 0 Å². The third-order valence-electron chi connectivity index (χ3n) is 1.91. The molecule has 1 unspecified atom stereocenters. The lowest BCUT2D eigenvalue weighted by atomic mass is 10.1. The van der Waals surface area contributed by atoms with Crippen LogP contribution in [0.4, 0.5) is 0 Å². The van der Waals surface area contributed by atoms with Crippen molar-refractivity contribution in [3.8, 4) is 0 Å². The topological polar surface area (TPSA) is 29.5 Å². The highest BCUT2D eigenvalue weighted by Gasteiger charge is 2.10. The minimum Gasteiger partial charge on any atom is -0.364 e. The number of ether oxygens (including phenoxy) is 1. The van der Waals surface area contributed by atoms with E-state index in [4.69, 9.17) is 16.3 Å². The highest BCUT2D eigenvalue weighted by molar-refractivity contribution is 9.10. The van der Waals surface area contributed by atoms with Crippen molar-refractivity contribution < 1.29 is 9.84 Å². The summed E-state index contributed by atoms with van der Waals surface area (Å²) in [6, 6.07) is 3.52. The normalized spacial score (nSPS) is 12.9. The average molecular weight is 280 g/mol. The summed E-state index contributed by atoms with van der Waals surface area (Å²) >= 11 is 9.33. The number of rotatable bonds is 3. The summed E-state index contributed by atoms with van der Waals surface area (Å²) in [4.78, 5) is 0. The van der Waals surface area contributed by atoms with E-state index in [1.807, 2.05) is 19.9 Å². The molecule has 1 rings (SSSR count). The number of benzene rings is 1. The molecular formula is C10H12BrClO2. The van der Waals surface area contributed by atoms with Crippen LogP contribution in [0.25, 0.3) is 0 Å². The molecule has 1 aromatic carbocycles. The van der Waals surface area contributed by atoms with E-state index in [1.165, 1.54) is 0 Å². The van der Waals surface area contributed by atoms with Gasteiger partial charge in [0.1, 0.15) is 0 Å². The lowest BCUT2D eigenvalue weighted by Crippen LogP contribution is -2.03. The fraction of sp³-hybridized carbons (Fsp3) is 0.400. The molecule has 0 saturated carbocycles. The Morgan fingerprint density at radius 2 is 2.21 bits per heavy atom. The predicted octanol–water partition coefficient (Wildman–Crippen LogP) is 3.44. The Morgan fingerprint density at radius 1 is 1.57 bits per heavy atom. The molecular weight excluding hydrogens is 267 g/mol. The maximum absolute atomic E-state index is 9.56. The molecule has 0 aromatic heterocycles. The molecule has 4 heteroatoms. The van der Waals surface area contributed by atoms with Crippen molar-refractivity contribution in [2.45, 2.75) is 20.1 Å². The third-order valence-corrected chi connectivity index (χ3v) is 3.13. The molecule has 0 heterocycles. The number of aliphatic hydroxyl groups excluding tert-OH is 1. The van der Waals surface area contributed by atoms with Crippen LogP contribution in [-0.4, -0.2) is 11.7 Å². The zero-order valence-corrected chi connectivity index (χ0v) is 10.4. The van der Waals surface area contributed by atoms with Gasteiger partial charge in [0.2, 0.25) is 0 Å². The summed E-state index contributed by atoms with van der Waals surface area (Å²) in [7, 11) is 0. The van der Waals surface area contributed by atoms with Gasteiger partial charge >= 0.3 is 0 Å². The van der Waals surface area contributed by atoms with E-state index in [0.717, 1.165) is 10.0 Å². The van der Waals surface area contributed by atoms with E-state index < -0.39 is 6.29 Å². The Balaban J connectivity index is 3.00. The smallest absolute Gasteiger partial charge is 0.181 e. The summed E-state index contributed by atoms with van der Waals surface area (Å²) in [6.45, 7) is 4.20. The molecule has 0 aliphatic heterocycles. The number of hydrogen-bond acceptors (Lipinski definition) is 2. The molecule has 14 heavy (non-hydrogen) atoms. The molecule has 0 saturated heterocycles. The molecule has 2 nitrogen and oxygen atoms in total. The highest BCUT2D eigenvalue weighted by atomic mass is 79.9. The second-order valence-electron chi connectivity index (χ2n) is 2.92. The van der Waals surface area contributed by atoms with Crippen LogP contribution < -0.4 is 0 Å². The van der Waals surface area contributed by atoms with E-state index >= 15 is 0 Å².